The smallest absolute Gasteiger partial charge is 0.241 e. The number of amides is 1. The van der Waals surface area contributed by atoms with Crippen LogP contribution in [0.2, 0.25) is 0 Å². The summed E-state index contributed by atoms with van der Waals surface area (Å²) in [5.74, 6) is -0.391. The maximum absolute atomic E-state index is 9.73. The van der Waals surface area contributed by atoms with Crippen LogP contribution in [0.15, 0.2) is 12.2 Å². The van der Waals surface area contributed by atoms with Crippen molar-refractivity contribution in [3.05, 3.63) is 12.2 Å². The van der Waals surface area contributed by atoms with Crippen LogP contribution in [0.4, 0.5) is 0 Å². The van der Waals surface area contributed by atoms with Gasteiger partial charge in [0.15, 0.2) is 0 Å². The molecular weight excluding hydrogens is 164 g/mol. The molecule has 0 radical (unpaired) electrons. The van der Waals surface area contributed by atoms with Crippen molar-refractivity contribution < 1.29 is 4.79 Å². The molecule has 0 aliphatic heterocycles. The van der Waals surface area contributed by atoms with Crippen LogP contribution >= 0.6 is 12.4 Å². The summed E-state index contributed by atoms with van der Waals surface area (Å²) in [5, 5.41) is 0. The van der Waals surface area contributed by atoms with E-state index in [-0.39, 0.29) is 12.4 Å². The third kappa shape index (κ3) is 87.0. The zero-order valence-corrected chi connectivity index (χ0v) is 8.31. The summed E-state index contributed by atoms with van der Waals surface area (Å²) < 4.78 is 0. The summed E-state index contributed by atoms with van der Waals surface area (Å²) in [5.41, 5.74) is 4.68. The van der Waals surface area contributed by atoms with Crippen LogP contribution in [-0.2, 0) is 4.79 Å². The molecule has 2 N–H and O–H groups in total. The normalized spacial score (nSPS) is 8.45. The number of carbonyl (C=O) groups is 1. The molecule has 0 saturated heterocycles. The minimum absolute atomic E-state index is 0. The van der Waals surface area contributed by atoms with Gasteiger partial charge in [-0.1, -0.05) is 6.08 Å². The Bertz CT molecular complexity index is 110. The zero-order chi connectivity index (χ0) is 8.57. The van der Waals surface area contributed by atoms with Gasteiger partial charge in [0, 0.05) is 0 Å². The lowest BCUT2D eigenvalue weighted by Crippen LogP contribution is -2.04. The molecule has 0 unspecified atom stereocenters. The van der Waals surface area contributed by atoms with Crippen molar-refractivity contribution in [1.82, 2.24) is 4.90 Å². The van der Waals surface area contributed by atoms with Crippen molar-refractivity contribution in [3.8, 4) is 0 Å². The zero-order valence-electron chi connectivity index (χ0n) is 7.50. The number of rotatable bonds is 1. The molecule has 68 valence electrons. The predicted octanol–water partition coefficient (Wildman–Crippen LogP) is 0.647. The molecule has 0 aliphatic carbocycles. The Morgan fingerprint density at radius 1 is 1.36 bits per heavy atom. The van der Waals surface area contributed by atoms with E-state index in [9.17, 15) is 4.79 Å². The number of nitrogens with zero attached hydrogens (tertiary/aromatic N) is 1. The number of allylic oxidation sites excluding steroid dienone is 1. The molecule has 0 heterocycles. The van der Waals surface area contributed by atoms with Crippen molar-refractivity contribution in [2.75, 3.05) is 21.1 Å². The third-order valence-electron chi connectivity index (χ3n) is 0.331. The summed E-state index contributed by atoms with van der Waals surface area (Å²) in [4.78, 5) is 11.7. The summed E-state index contributed by atoms with van der Waals surface area (Å²) in [6, 6.07) is 0. The largest absolute Gasteiger partial charge is 0.366 e. The molecule has 4 heteroatoms. The molecule has 0 fully saturated rings. The fourth-order valence-corrected chi connectivity index (χ4v) is 0.164. The van der Waals surface area contributed by atoms with Crippen LogP contribution in [0.3, 0.4) is 0 Å². The third-order valence-corrected chi connectivity index (χ3v) is 0.331. The van der Waals surface area contributed by atoms with Gasteiger partial charge in [-0.25, -0.2) is 0 Å². The lowest BCUT2D eigenvalue weighted by Gasteiger charge is -1.90. The average Bonchev–Trinajstić information content (AvgIpc) is 1.62. The molecule has 1 amide bonds. The van der Waals surface area contributed by atoms with Gasteiger partial charge in [0.1, 0.15) is 0 Å². The first-order valence-corrected chi connectivity index (χ1v) is 3.03. The van der Waals surface area contributed by atoms with Crippen LogP contribution in [0, 0.1) is 0 Å². The Hall–Kier alpha value is -0.540. The van der Waals surface area contributed by atoms with E-state index in [0.29, 0.717) is 0 Å². The second-order valence-electron chi connectivity index (χ2n) is 2.24. The van der Waals surface area contributed by atoms with Crippen molar-refractivity contribution in [1.29, 1.82) is 0 Å². The lowest BCUT2D eigenvalue weighted by molar-refractivity contribution is -0.113. The summed E-state index contributed by atoms with van der Waals surface area (Å²) in [7, 11) is 6.00. The molecule has 0 bridgehead atoms. The molecule has 0 aromatic heterocycles. The molecule has 0 aromatic carbocycles. The summed E-state index contributed by atoms with van der Waals surface area (Å²) in [6.45, 7) is 1.74. The first-order valence-electron chi connectivity index (χ1n) is 3.03. The van der Waals surface area contributed by atoms with Gasteiger partial charge in [-0.05, 0) is 34.1 Å². The van der Waals surface area contributed by atoms with Crippen LogP contribution in [-0.4, -0.2) is 32.0 Å². The first-order chi connectivity index (χ1) is 4.50. The van der Waals surface area contributed by atoms with E-state index in [1.807, 2.05) is 26.0 Å². The number of hydrogen-bond donors (Lipinski definition) is 1. The Morgan fingerprint density at radius 2 is 1.64 bits per heavy atom. The van der Waals surface area contributed by atoms with E-state index in [1.165, 1.54) is 6.08 Å². The highest BCUT2D eigenvalue weighted by molar-refractivity contribution is 5.85. The molecule has 11 heavy (non-hydrogen) atoms. The predicted molar refractivity (Wildman–Crippen MR) is 50.9 cm³/mol. The number of primary amides is 1. The van der Waals surface area contributed by atoms with Crippen LogP contribution in [0.25, 0.3) is 0 Å². The summed E-state index contributed by atoms with van der Waals surface area (Å²) in [6.07, 6.45) is 2.91. The second kappa shape index (κ2) is 12.2. The van der Waals surface area contributed by atoms with E-state index >= 15 is 0 Å². The quantitative estimate of drug-likeness (QED) is 0.603. The lowest BCUT2D eigenvalue weighted by atomic mass is 10.5. The van der Waals surface area contributed by atoms with Gasteiger partial charge >= 0.3 is 0 Å². The highest BCUT2D eigenvalue weighted by Gasteiger charge is 1.73. The molecule has 0 spiro atoms. The highest BCUT2D eigenvalue weighted by Crippen LogP contribution is 1.62. The number of halogens is 1. The summed E-state index contributed by atoms with van der Waals surface area (Å²) >= 11 is 0. The van der Waals surface area contributed by atoms with Gasteiger partial charge in [0.25, 0.3) is 0 Å². The maximum atomic E-state index is 9.73. The van der Waals surface area contributed by atoms with Gasteiger partial charge in [0.05, 0.1) is 0 Å². The van der Waals surface area contributed by atoms with Crippen molar-refractivity contribution >= 4 is 18.3 Å². The molecule has 0 rings (SSSR count). The van der Waals surface area contributed by atoms with E-state index in [0.717, 1.165) is 0 Å². The number of carbonyl (C=O) groups excluding carboxylic acids is 1. The van der Waals surface area contributed by atoms with Gasteiger partial charge in [-0.15, -0.1) is 12.4 Å². The standard InChI is InChI=1S/C4H7NO.C3H9N.ClH/c1-2-3-4(5)6;1-4(2)3;/h2-3H,1H3,(H2,5,6);1-3H3;1H. The fourth-order valence-electron chi connectivity index (χ4n) is 0.164. The van der Waals surface area contributed by atoms with Crippen LogP contribution in [0.5, 0.6) is 0 Å². The Balaban J connectivity index is -0.000000114. The van der Waals surface area contributed by atoms with Crippen LogP contribution in [0.1, 0.15) is 6.92 Å². The molecule has 0 saturated carbocycles. The maximum Gasteiger partial charge on any atom is 0.241 e. The monoisotopic (exact) mass is 180 g/mol. The Labute approximate surface area is 74.7 Å². The van der Waals surface area contributed by atoms with Crippen LogP contribution < -0.4 is 5.73 Å². The Kier molecular flexibility index (Phi) is 18.6. The van der Waals surface area contributed by atoms with E-state index in [1.54, 1.807) is 13.0 Å². The minimum Gasteiger partial charge on any atom is -0.366 e. The van der Waals surface area contributed by atoms with Gasteiger partial charge in [-0.3, -0.25) is 4.79 Å². The van der Waals surface area contributed by atoms with Crippen molar-refractivity contribution in [3.63, 3.8) is 0 Å². The minimum atomic E-state index is -0.391. The van der Waals surface area contributed by atoms with Crippen molar-refractivity contribution in [2.45, 2.75) is 6.92 Å². The van der Waals surface area contributed by atoms with Gasteiger partial charge < -0.3 is 10.6 Å². The molecular formula is C7H17ClN2O. The molecule has 3 nitrogen and oxygen atoms in total. The number of nitrogens with two attached hydrogens (primary N) is 1. The first kappa shape index (κ1) is 16.8. The van der Waals surface area contributed by atoms with E-state index < -0.39 is 5.91 Å². The van der Waals surface area contributed by atoms with Crippen molar-refractivity contribution in [2.24, 2.45) is 5.73 Å². The van der Waals surface area contributed by atoms with Gasteiger partial charge in [-0.2, -0.15) is 0 Å². The highest BCUT2D eigenvalue weighted by atomic mass is 35.5. The SMILES string of the molecule is CC=CC(N)=O.CN(C)C.Cl. The Morgan fingerprint density at radius 3 is 1.64 bits per heavy atom. The topological polar surface area (TPSA) is 46.3 Å². The molecule has 0 atom stereocenters. The van der Waals surface area contributed by atoms with E-state index in [2.05, 4.69) is 5.73 Å². The van der Waals surface area contributed by atoms with E-state index in [4.69, 9.17) is 0 Å². The average molecular weight is 181 g/mol. The second-order valence-corrected chi connectivity index (χ2v) is 2.24. The fraction of sp³-hybridized carbons (Fsp3) is 0.571. The molecule has 0 aromatic rings. The molecule has 0 aliphatic rings. The number of hydrogen-bond acceptors (Lipinski definition) is 2. The van der Waals surface area contributed by atoms with Gasteiger partial charge in [0.2, 0.25) is 5.91 Å².